The molecule has 2 aromatic rings. The zero-order chi connectivity index (χ0) is 19.4. The van der Waals surface area contributed by atoms with Gasteiger partial charge < -0.3 is 9.73 Å². The van der Waals surface area contributed by atoms with Gasteiger partial charge in [0.2, 0.25) is 5.91 Å². The lowest BCUT2D eigenvalue weighted by Gasteiger charge is -2.35. The molecule has 2 fully saturated rings. The quantitative estimate of drug-likeness (QED) is 0.741. The van der Waals surface area contributed by atoms with Crippen LogP contribution in [0.1, 0.15) is 43.0 Å². The Morgan fingerprint density at radius 3 is 2.54 bits per heavy atom. The van der Waals surface area contributed by atoms with Gasteiger partial charge in [0.15, 0.2) is 0 Å². The van der Waals surface area contributed by atoms with Gasteiger partial charge in [0.05, 0.1) is 17.7 Å². The Morgan fingerprint density at radius 1 is 1.18 bits per heavy atom. The third-order valence-electron chi connectivity index (χ3n) is 6.10. The first-order valence-corrected chi connectivity index (χ1v) is 11.6. The van der Waals surface area contributed by atoms with E-state index in [-0.39, 0.29) is 11.9 Å². The summed E-state index contributed by atoms with van der Waals surface area (Å²) in [5.74, 6) is 3.31. The Balaban J connectivity index is 1.51. The van der Waals surface area contributed by atoms with Crippen LogP contribution in [-0.2, 0) is 10.2 Å². The van der Waals surface area contributed by atoms with Crippen LogP contribution in [0.4, 0.5) is 0 Å². The number of furan rings is 1. The summed E-state index contributed by atoms with van der Waals surface area (Å²) >= 11 is 8.06. The van der Waals surface area contributed by atoms with E-state index in [0.717, 1.165) is 61.6 Å². The lowest BCUT2D eigenvalue weighted by Crippen LogP contribution is -2.47. The van der Waals surface area contributed by atoms with Crippen LogP contribution in [0.25, 0.3) is 0 Å². The molecule has 2 heterocycles. The zero-order valence-electron chi connectivity index (χ0n) is 16.0. The SMILES string of the molecule is O=C(NCC(c1ccco1)N1CCSCC1)C1(c2ccc(Cl)cc2)CCCC1. The van der Waals surface area contributed by atoms with E-state index in [9.17, 15) is 4.79 Å². The average Bonchev–Trinajstić information content (AvgIpc) is 3.42. The summed E-state index contributed by atoms with van der Waals surface area (Å²) in [5, 5.41) is 3.99. The molecule has 1 aliphatic heterocycles. The summed E-state index contributed by atoms with van der Waals surface area (Å²) in [6.45, 7) is 2.62. The molecule has 1 saturated carbocycles. The number of carbonyl (C=O) groups excluding carboxylic acids is 1. The molecule has 28 heavy (non-hydrogen) atoms. The van der Waals surface area contributed by atoms with Crippen LogP contribution in [0.2, 0.25) is 5.02 Å². The maximum absolute atomic E-state index is 13.4. The fraction of sp³-hybridized carbons (Fsp3) is 0.500. The van der Waals surface area contributed by atoms with Crippen LogP contribution < -0.4 is 5.32 Å². The number of nitrogens with zero attached hydrogens (tertiary/aromatic N) is 1. The maximum Gasteiger partial charge on any atom is 0.230 e. The summed E-state index contributed by atoms with van der Waals surface area (Å²) in [6, 6.07) is 11.8. The predicted octanol–water partition coefficient (Wildman–Crippen LogP) is 4.65. The van der Waals surface area contributed by atoms with Crippen LogP contribution in [0, 0.1) is 0 Å². The van der Waals surface area contributed by atoms with Gasteiger partial charge in [-0.2, -0.15) is 11.8 Å². The number of carbonyl (C=O) groups is 1. The van der Waals surface area contributed by atoms with E-state index in [1.54, 1.807) is 6.26 Å². The molecule has 1 atom stereocenters. The summed E-state index contributed by atoms with van der Waals surface area (Å²) < 4.78 is 5.72. The van der Waals surface area contributed by atoms with E-state index >= 15 is 0 Å². The minimum atomic E-state index is -0.434. The highest BCUT2D eigenvalue weighted by Gasteiger charge is 2.43. The molecule has 4 rings (SSSR count). The van der Waals surface area contributed by atoms with Crippen molar-refractivity contribution in [3.63, 3.8) is 0 Å². The van der Waals surface area contributed by atoms with Gasteiger partial charge in [0.25, 0.3) is 0 Å². The minimum absolute atomic E-state index is 0.0866. The van der Waals surface area contributed by atoms with Gasteiger partial charge in [0, 0.05) is 36.2 Å². The molecule has 1 saturated heterocycles. The molecule has 2 aliphatic rings. The van der Waals surface area contributed by atoms with Crippen molar-refractivity contribution in [3.05, 3.63) is 59.0 Å². The second kappa shape index (κ2) is 8.93. The van der Waals surface area contributed by atoms with Crippen molar-refractivity contribution < 1.29 is 9.21 Å². The number of benzene rings is 1. The van der Waals surface area contributed by atoms with E-state index in [4.69, 9.17) is 16.0 Å². The second-order valence-electron chi connectivity index (χ2n) is 7.69. The van der Waals surface area contributed by atoms with E-state index in [1.807, 2.05) is 48.2 Å². The molecule has 4 nitrogen and oxygen atoms in total. The van der Waals surface area contributed by atoms with Crippen molar-refractivity contribution in [1.29, 1.82) is 0 Å². The predicted molar refractivity (Wildman–Crippen MR) is 115 cm³/mol. The number of thioether (sulfide) groups is 1. The third kappa shape index (κ3) is 4.12. The molecule has 1 N–H and O–H groups in total. The molecule has 0 spiro atoms. The van der Waals surface area contributed by atoms with Crippen LogP contribution in [-0.4, -0.2) is 41.9 Å². The van der Waals surface area contributed by atoms with E-state index < -0.39 is 5.41 Å². The topological polar surface area (TPSA) is 45.5 Å². The van der Waals surface area contributed by atoms with E-state index in [2.05, 4.69) is 10.2 Å². The number of nitrogens with one attached hydrogen (secondary N) is 1. The molecule has 150 valence electrons. The second-order valence-corrected chi connectivity index (χ2v) is 9.35. The Kier molecular flexibility index (Phi) is 6.34. The van der Waals surface area contributed by atoms with Crippen LogP contribution >= 0.6 is 23.4 Å². The number of halogens is 1. The van der Waals surface area contributed by atoms with Gasteiger partial charge in [-0.05, 0) is 42.7 Å². The highest BCUT2D eigenvalue weighted by atomic mass is 35.5. The highest BCUT2D eigenvalue weighted by Crippen LogP contribution is 2.41. The number of rotatable bonds is 6. The highest BCUT2D eigenvalue weighted by molar-refractivity contribution is 7.99. The fourth-order valence-electron chi connectivity index (χ4n) is 4.53. The van der Waals surface area contributed by atoms with Crippen LogP contribution in [0.3, 0.4) is 0 Å². The van der Waals surface area contributed by atoms with Crippen LogP contribution in [0.5, 0.6) is 0 Å². The first kappa shape index (κ1) is 19.9. The smallest absolute Gasteiger partial charge is 0.230 e. The molecule has 1 amide bonds. The first-order valence-electron chi connectivity index (χ1n) is 10.1. The summed E-state index contributed by atoms with van der Waals surface area (Å²) in [7, 11) is 0. The molecule has 1 aromatic carbocycles. The van der Waals surface area contributed by atoms with Crippen molar-refractivity contribution in [1.82, 2.24) is 10.2 Å². The van der Waals surface area contributed by atoms with Gasteiger partial charge in [-0.1, -0.05) is 36.6 Å². The molecule has 0 bridgehead atoms. The third-order valence-corrected chi connectivity index (χ3v) is 7.30. The summed E-state index contributed by atoms with van der Waals surface area (Å²) in [6.07, 6.45) is 5.68. The maximum atomic E-state index is 13.4. The Hall–Kier alpha value is -1.43. The average molecular weight is 419 g/mol. The molecular formula is C22H27ClN2O2S. The van der Waals surface area contributed by atoms with Gasteiger partial charge in [-0.3, -0.25) is 9.69 Å². The summed E-state index contributed by atoms with van der Waals surface area (Å²) in [4.78, 5) is 15.8. The van der Waals surface area contributed by atoms with Crippen molar-refractivity contribution in [2.75, 3.05) is 31.1 Å². The Morgan fingerprint density at radius 2 is 1.89 bits per heavy atom. The van der Waals surface area contributed by atoms with Crippen molar-refractivity contribution in [2.45, 2.75) is 37.1 Å². The van der Waals surface area contributed by atoms with Crippen molar-refractivity contribution >= 4 is 29.3 Å². The van der Waals surface area contributed by atoms with Gasteiger partial charge in [-0.15, -0.1) is 0 Å². The van der Waals surface area contributed by atoms with Crippen molar-refractivity contribution in [2.24, 2.45) is 0 Å². The lowest BCUT2D eigenvalue weighted by atomic mass is 9.78. The number of hydrogen-bond acceptors (Lipinski definition) is 4. The largest absolute Gasteiger partial charge is 0.468 e. The Bertz CT molecular complexity index is 766. The zero-order valence-corrected chi connectivity index (χ0v) is 17.6. The number of amides is 1. The van der Waals surface area contributed by atoms with Gasteiger partial charge in [-0.25, -0.2) is 0 Å². The normalized spacial score (nSPS) is 20.8. The minimum Gasteiger partial charge on any atom is -0.468 e. The monoisotopic (exact) mass is 418 g/mol. The van der Waals surface area contributed by atoms with Crippen LogP contribution in [0.15, 0.2) is 47.1 Å². The molecule has 0 radical (unpaired) electrons. The molecule has 1 aliphatic carbocycles. The van der Waals surface area contributed by atoms with E-state index in [1.165, 1.54) is 0 Å². The van der Waals surface area contributed by atoms with Crippen molar-refractivity contribution in [3.8, 4) is 0 Å². The van der Waals surface area contributed by atoms with Gasteiger partial charge in [0.1, 0.15) is 5.76 Å². The first-order chi connectivity index (χ1) is 13.7. The molecule has 1 unspecified atom stereocenters. The molecule has 6 heteroatoms. The lowest BCUT2D eigenvalue weighted by molar-refractivity contribution is -0.127. The summed E-state index contributed by atoms with van der Waals surface area (Å²) in [5.41, 5.74) is 0.645. The molecular weight excluding hydrogens is 392 g/mol. The standard InChI is InChI=1S/C22H27ClN2O2S/c23-18-7-5-17(6-8-18)22(9-1-2-10-22)21(26)24-16-19(20-4-3-13-27-20)25-11-14-28-15-12-25/h3-8,13,19H,1-2,9-12,14-16H2,(H,24,26). The Labute approximate surface area is 176 Å². The fourth-order valence-corrected chi connectivity index (χ4v) is 5.59. The number of hydrogen-bond donors (Lipinski definition) is 1. The van der Waals surface area contributed by atoms with E-state index in [0.29, 0.717) is 11.6 Å². The van der Waals surface area contributed by atoms with Gasteiger partial charge >= 0.3 is 0 Å². The molecule has 1 aromatic heterocycles.